The maximum atomic E-state index is 12.9. The molecule has 0 fully saturated rings. The number of anilines is 2. The lowest BCUT2D eigenvalue weighted by atomic mass is 9.90. The average molecular weight is 408 g/mol. The van der Waals surface area contributed by atoms with E-state index in [-0.39, 0.29) is 16.1 Å². The SMILES string of the molecule is C=CCNc1nc(-c2ccccc2)c(C2(O)C(=O)Nc3ccc([N+](=O)[O-])cc32)s1. The number of hydrogen-bond donors (Lipinski definition) is 3. The first kappa shape index (κ1) is 18.8. The van der Waals surface area contributed by atoms with Crippen LogP contribution in [0.3, 0.4) is 0 Å². The van der Waals surface area contributed by atoms with Crippen molar-refractivity contribution < 1.29 is 14.8 Å². The highest BCUT2D eigenvalue weighted by Gasteiger charge is 2.50. The molecule has 3 N–H and O–H groups in total. The first-order valence-electron chi connectivity index (χ1n) is 8.69. The fourth-order valence-corrected chi connectivity index (χ4v) is 4.30. The maximum Gasteiger partial charge on any atom is 0.269 e. The summed E-state index contributed by atoms with van der Waals surface area (Å²) < 4.78 is 0. The molecular formula is C20H16N4O4S. The number of rotatable bonds is 6. The molecule has 1 aliphatic rings. The fraction of sp³-hybridized carbons (Fsp3) is 0.100. The van der Waals surface area contributed by atoms with Crippen LogP contribution in [0.1, 0.15) is 10.4 Å². The predicted octanol–water partition coefficient (Wildman–Crippen LogP) is 3.50. The summed E-state index contributed by atoms with van der Waals surface area (Å²) in [6.07, 6.45) is 1.67. The van der Waals surface area contributed by atoms with Gasteiger partial charge < -0.3 is 15.7 Å². The Morgan fingerprint density at radius 1 is 1.31 bits per heavy atom. The van der Waals surface area contributed by atoms with Crippen molar-refractivity contribution in [1.29, 1.82) is 0 Å². The summed E-state index contributed by atoms with van der Waals surface area (Å²) in [4.78, 5) is 28.4. The second-order valence-electron chi connectivity index (χ2n) is 6.38. The minimum Gasteiger partial charge on any atom is -0.371 e. The monoisotopic (exact) mass is 408 g/mol. The Kier molecular flexibility index (Phi) is 4.61. The summed E-state index contributed by atoms with van der Waals surface area (Å²) in [6.45, 7) is 4.11. The molecule has 1 unspecified atom stereocenters. The number of carbonyl (C=O) groups is 1. The standard InChI is InChI=1S/C20H16N4O4S/c1-2-10-21-19-23-16(12-6-4-3-5-7-12)17(29-19)20(26)14-11-13(24(27)28)8-9-15(14)22-18(20)25/h2-9,11,26H,1,10H2,(H,21,23)(H,22,25). The Morgan fingerprint density at radius 3 is 2.76 bits per heavy atom. The fourth-order valence-electron chi connectivity index (χ4n) is 3.21. The number of fused-ring (bicyclic) bond motifs is 1. The Hall–Kier alpha value is -3.56. The van der Waals surface area contributed by atoms with Gasteiger partial charge in [0.25, 0.3) is 11.6 Å². The van der Waals surface area contributed by atoms with Gasteiger partial charge in [-0.1, -0.05) is 47.7 Å². The number of nitro groups is 1. The van der Waals surface area contributed by atoms with E-state index in [2.05, 4.69) is 22.2 Å². The van der Waals surface area contributed by atoms with Crippen LogP contribution in [0.2, 0.25) is 0 Å². The van der Waals surface area contributed by atoms with E-state index < -0.39 is 16.4 Å². The Balaban J connectivity index is 1.93. The first-order chi connectivity index (χ1) is 13.9. The van der Waals surface area contributed by atoms with Crippen molar-refractivity contribution in [2.24, 2.45) is 0 Å². The number of nitrogens with one attached hydrogen (secondary N) is 2. The zero-order valence-electron chi connectivity index (χ0n) is 15.1. The van der Waals surface area contributed by atoms with E-state index in [1.807, 2.05) is 30.3 Å². The predicted molar refractivity (Wildman–Crippen MR) is 111 cm³/mol. The van der Waals surface area contributed by atoms with Gasteiger partial charge in [-0.05, 0) is 6.07 Å². The third-order valence-corrected chi connectivity index (χ3v) is 5.70. The van der Waals surface area contributed by atoms with Gasteiger partial charge in [-0.2, -0.15) is 0 Å². The molecule has 4 rings (SSSR count). The van der Waals surface area contributed by atoms with Crippen molar-refractivity contribution in [3.8, 4) is 11.3 Å². The Bertz CT molecular complexity index is 1130. The summed E-state index contributed by atoms with van der Waals surface area (Å²) in [6, 6.07) is 13.1. The highest BCUT2D eigenvalue weighted by Crippen LogP contribution is 2.48. The number of nitro benzene ring substituents is 1. The van der Waals surface area contributed by atoms with Crippen LogP contribution in [0.15, 0.2) is 61.2 Å². The van der Waals surface area contributed by atoms with Crippen molar-refractivity contribution in [3.63, 3.8) is 0 Å². The normalized spacial score (nSPS) is 17.5. The molecule has 0 aliphatic carbocycles. The van der Waals surface area contributed by atoms with Crippen LogP contribution in [-0.4, -0.2) is 27.5 Å². The summed E-state index contributed by atoms with van der Waals surface area (Å²) in [5.41, 5.74) is -0.707. The molecule has 8 nitrogen and oxygen atoms in total. The Morgan fingerprint density at radius 2 is 2.07 bits per heavy atom. The molecule has 0 bridgehead atoms. The average Bonchev–Trinajstić information content (AvgIpc) is 3.27. The molecule has 0 radical (unpaired) electrons. The Labute approximate surface area is 169 Å². The van der Waals surface area contributed by atoms with Crippen molar-refractivity contribution in [3.05, 3.63) is 81.7 Å². The molecule has 9 heteroatoms. The van der Waals surface area contributed by atoms with Gasteiger partial charge in [0.2, 0.25) is 5.60 Å². The number of non-ortho nitro benzene ring substituents is 1. The second kappa shape index (κ2) is 7.12. The molecule has 0 spiro atoms. The molecule has 0 saturated heterocycles. The molecule has 2 aromatic carbocycles. The van der Waals surface area contributed by atoms with Gasteiger partial charge in [0.15, 0.2) is 5.13 Å². The van der Waals surface area contributed by atoms with Gasteiger partial charge >= 0.3 is 0 Å². The van der Waals surface area contributed by atoms with Gasteiger partial charge in [0.05, 0.1) is 15.5 Å². The number of aromatic nitrogens is 1. The van der Waals surface area contributed by atoms with Crippen LogP contribution in [0.5, 0.6) is 0 Å². The summed E-state index contributed by atoms with van der Waals surface area (Å²) >= 11 is 1.12. The number of nitrogens with zero attached hydrogens (tertiary/aromatic N) is 2. The zero-order chi connectivity index (χ0) is 20.6. The molecule has 1 aromatic heterocycles. The van der Waals surface area contributed by atoms with Crippen molar-refractivity contribution in [1.82, 2.24) is 4.98 Å². The number of hydrogen-bond acceptors (Lipinski definition) is 7. The van der Waals surface area contributed by atoms with Crippen LogP contribution >= 0.6 is 11.3 Å². The molecule has 1 atom stereocenters. The smallest absolute Gasteiger partial charge is 0.269 e. The van der Waals surface area contributed by atoms with Crippen molar-refractivity contribution in [2.75, 3.05) is 17.2 Å². The number of amides is 1. The summed E-state index contributed by atoms with van der Waals surface area (Å²) in [5.74, 6) is -0.677. The quantitative estimate of drug-likeness (QED) is 0.326. The van der Waals surface area contributed by atoms with Crippen LogP contribution in [0, 0.1) is 10.1 Å². The summed E-state index contributed by atoms with van der Waals surface area (Å²) in [7, 11) is 0. The van der Waals surface area contributed by atoms with E-state index in [4.69, 9.17) is 0 Å². The van der Waals surface area contributed by atoms with Gasteiger partial charge in [0, 0.05) is 35.5 Å². The third kappa shape index (κ3) is 3.06. The number of thiazole rings is 1. The van der Waals surface area contributed by atoms with E-state index in [0.29, 0.717) is 28.6 Å². The molecule has 0 saturated carbocycles. The van der Waals surface area contributed by atoms with Gasteiger partial charge in [-0.3, -0.25) is 14.9 Å². The first-order valence-corrected chi connectivity index (χ1v) is 9.51. The van der Waals surface area contributed by atoms with Gasteiger partial charge in [-0.25, -0.2) is 4.98 Å². The lowest BCUT2D eigenvalue weighted by molar-refractivity contribution is -0.385. The van der Waals surface area contributed by atoms with Crippen molar-refractivity contribution in [2.45, 2.75) is 5.60 Å². The van der Waals surface area contributed by atoms with E-state index in [1.54, 1.807) is 6.08 Å². The number of benzene rings is 2. The lowest BCUT2D eigenvalue weighted by Crippen LogP contribution is -2.35. The van der Waals surface area contributed by atoms with E-state index >= 15 is 0 Å². The van der Waals surface area contributed by atoms with E-state index in [9.17, 15) is 20.0 Å². The van der Waals surface area contributed by atoms with Gasteiger partial charge in [0.1, 0.15) is 0 Å². The zero-order valence-corrected chi connectivity index (χ0v) is 15.9. The van der Waals surface area contributed by atoms with Gasteiger partial charge in [-0.15, -0.1) is 6.58 Å². The van der Waals surface area contributed by atoms with Crippen LogP contribution < -0.4 is 10.6 Å². The maximum absolute atomic E-state index is 12.9. The van der Waals surface area contributed by atoms with Crippen LogP contribution in [0.4, 0.5) is 16.5 Å². The van der Waals surface area contributed by atoms with Crippen molar-refractivity contribution >= 4 is 33.8 Å². The second-order valence-corrected chi connectivity index (χ2v) is 7.38. The number of carbonyl (C=O) groups excluding carboxylic acids is 1. The molecule has 1 amide bonds. The largest absolute Gasteiger partial charge is 0.371 e. The van der Waals surface area contributed by atoms with E-state index in [1.165, 1.54) is 18.2 Å². The molecule has 2 heterocycles. The number of aliphatic hydroxyl groups is 1. The topological polar surface area (TPSA) is 117 Å². The minimum atomic E-state index is -2.10. The third-order valence-electron chi connectivity index (χ3n) is 4.58. The molecular weight excluding hydrogens is 392 g/mol. The molecule has 29 heavy (non-hydrogen) atoms. The minimum absolute atomic E-state index is 0.132. The van der Waals surface area contributed by atoms with E-state index in [0.717, 1.165) is 11.3 Å². The molecule has 3 aromatic rings. The summed E-state index contributed by atoms with van der Waals surface area (Å²) in [5, 5.41) is 29.0. The lowest BCUT2D eigenvalue weighted by Gasteiger charge is -2.20. The van der Waals surface area contributed by atoms with Crippen LogP contribution in [-0.2, 0) is 10.4 Å². The molecule has 146 valence electrons. The van der Waals surface area contributed by atoms with Crippen LogP contribution in [0.25, 0.3) is 11.3 Å². The highest BCUT2D eigenvalue weighted by molar-refractivity contribution is 7.16. The highest BCUT2D eigenvalue weighted by atomic mass is 32.1. The molecule has 1 aliphatic heterocycles.